The smallest absolute Gasteiger partial charge is 0.239 e. The molecule has 3 fully saturated rings. The minimum atomic E-state index is -0.600. The summed E-state index contributed by atoms with van der Waals surface area (Å²) in [7, 11) is 0. The summed E-state index contributed by atoms with van der Waals surface area (Å²) in [4.78, 5) is 44.1. The second kappa shape index (κ2) is 6.88. The Bertz CT molecular complexity index is 1040. The standard InChI is InChI=1S/C25H26N2O3/c1-14-6-8-17(9-7-14)23(28)22-21-20(19-5-4-10-26(19)22)24(29)27(25(21)30)18-12-15(2)11-16(3)13-18/h6-9,11-13,19-22H,4-5,10H2,1-3H3/t19-,20-,21+,22-/m0/s1. The number of benzene rings is 2. The van der Waals surface area contributed by atoms with E-state index in [1.807, 2.05) is 63.2 Å². The van der Waals surface area contributed by atoms with E-state index < -0.39 is 17.9 Å². The predicted octanol–water partition coefficient (Wildman–Crippen LogP) is 3.45. The van der Waals surface area contributed by atoms with Gasteiger partial charge < -0.3 is 0 Å². The van der Waals surface area contributed by atoms with Crippen LogP contribution in [0.15, 0.2) is 42.5 Å². The molecule has 0 unspecified atom stereocenters. The molecule has 4 atom stereocenters. The topological polar surface area (TPSA) is 57.7 Å². The van der Waals surface area contributed by atoms with Crippen LogP contribution in [0, 0.1) is 32.6 Å². The fraction of sp³-hybridized carbons (Fsp3) is 0.400. The molecule has 0 radical (unpaired) electrons. The van der Waals surface area contributed by atoms with Gasteiger partial charge in [-0.1, -0.05) is 35.9 Å². The number of rotatable bonds is 3. The Morgan fingerprint density at radius 2 is 1.50 bits per heavy atom. The number of Topliss-reactive ketones (excluding diaryl/α,β-unsaturated/α-hetero) is 1. The molecular formula is C25H26N2O3. The predicted molar refractivity (Wildman–Crippen MR) is 114 cm³/mol. The van der Waals surface area contributed by atoms with Crippen molar-refractivity contribution in [3.05, 3.63) is 64.7 Å². The highest BCUT2D eigenvalue weighted by molar-refractivity contribution is 6.24. The van der Waals surface area contributed by atoms with Crippen molar-refractivity contribution >= 4 is 23.3 Å². The van der Waals surface area contributed by atoms with Crippen LogP contribution < -0.4 is 4.90 Å². The van der Waals surface area contributed by atoms with Crippen LogP contribution in [0.3, 0.4) is 0 Å². The molecule has 2 amide bonds. The van der Waals surface area contributed by atoms with Gasteiger partial charge in [-0.25, -0.2) is 4.90 Å². The highest BCUT2D eigenvalue weighted by atomic mass is 16.2. The third-order valence-electron chi connectivity index (χ3n) is 6.92. The van der Waals surface area contributed by atoms with E-state index in [1.165, 1.54) is 4.90 Å². The first-order chi connectivity index (χ1) is 14.4. The van der Waals surface area contributed by atoms with Crippen LogP contribution in [-0.4, -0.2) is 41.1 Å². The summed E-state index contributed by atoms with van der Waals surface area (Å²) in [6, 6.07) is 12.7. The number of hydrogen-bond donors (Lipinski definition) is 0. The van der Waals surface area contributed by atoms with Gasteiger partial charge >= 0.3 is 0 Å². The Kier molecular flexibility index (Phi) is 4.40. The summed E-state index contributed by atoms with van der Waals surface area (Å²) in [5, 5.41) is 0. The molecule has 0 aliphatic carbocycles. The van der Waals surface area contributed by atoms with Crippen LogP contribution in [0.25, 0.3) is 0 Å². The van der Waals surface area contributed by atoms with Crippen molar-refractivity contribution in [1.82, 2.24) is 4.90 Å². The minimum absolute atomic E-state index is 0.0262. The van der Waals surface area contributed by atoms with Crippen molar-refractivity contribution in [2.45, 2.75) is 45.7 Å². The highest BCUT2D eigenvalue weighted by Crippen LogP contribution is 2.48. The molecule has 0 bridgehead atoms. The van der Waals surface area contributed by atoms with Gasteiger partial charge in [0, 0.05) is 11.6 Å². The number of imide groups is 1. The van der Waals surface area contributed by atoms with Gasteiger partial charge in [0.2, 0.25) is 11.8 Å². The maximum Gasteiger partial charge on any atom is 0.239 e. The van der Waals surface area contributed by atoms with Gasteiger partial charge in [-0.2, -0.15) is 0 Å². The average molecular weight is 402 g/mol. The number of ketones is 1. The van der Waals surface area contributed by atoms with E-state index in [-0.39, 0.29) is 23.6 Å². The van der Waals surface area contributed by atoms with E-state index in [1.54, 1.807) is 0 Å². The van der Waals surface area contributed by atoms with Gasteiger partial charge in [0.05, 0.1) is 23.6 Å². The number of nitrogens with zero attached hydrogens (tertiary/aromatic N) is 2. The number of anilines is 1. The molecule has 2 aromatic rings. The number of amides is 2. The number of hydrogen-bond acceptors (Lipinski definition) is 4. The second-order valence-corrected chi connectivity index (χ2v) is 9.03. The Balaban J connectivity index is 1.56. The molecule has 0 saturated carbocycles. The largest absolute Gasteiger partial charge is 0.292 e. The van der Waals surface area contributed by atoms with Crippen molar-refractivity contribution in [3.63, 3.8) is 0 Å². The Morgan fingerprint density at radius 1 is 0.867 bits per heavy atom. The van der Waals surface area contributed by atoms with Gasteiger partial charge in [-0.3, -0.25) is 19.3 Å². The fourth-order valence-electron chi connectivity index (χ4n) is 5.74. The summed E-state index contributed by atoms with van der Waals surface area (Å²) >= 11 is 0. The lowest BCUT2D eigenvalue weighted by atomic mass is 9.85. The van der Waals surface area contributed by atoms with Crippen LogP contribution in [0.2, 0.25) is 0 Å². The third-order valence-corrected chi connectivity index (χ3v) is 6.92. The van der Waals surface area contributed by atoms with E-state index in [0.29, 0.717) is 11.3 Å². The molecule has 0 spiro atoms. The van der Waals surface area contributed by atoms with Crippen LogP contribution in [0.5, 0.6) is 0 Å². The fourth-order valence-corrected chi connectivity index (χ4v) is 5.74. The number of aryl methyl sites for hydroxylation is 3. The summed E-state index contributed by atoms with van der Waals surface area (Å²) in [6.45, 7) is 6.68. The Morgan fingerprint density at radius 3 is 2.17 bits per heavy atom. The molecule has 154 valence electrons. The first-order valence-corrected chi connectivity index (χ1v) is 10.7. The zero-order valence-corrected chi connectivity index (χ0v) is 17.6. The third kappa shape index (κ3) is 2.76. The van der Waals surface area contributed by atoms with E-state index in [4.69, 9.17) is 0 Å². The zero-order chi connectivity index (χ0) is 21.2. The monoisotopic (exact) mass is 402 g/mol. The molecule has 0 N–H and O–H groups in total. The Labute approximate surface area is 176 Å². The van der Waals surface area contributed by atoms with Crippen molar-refractivity contribution in [1.29, 1.82) is 0 Å². The molecule has 30 heavy (non-hydrogen) atoms. The minimum Gasteiger partial charge on any atom is -0.292 e. The molecule has 5 rings (SSSR count). The van der Waals surface area contributed by atoms with Gasteiger partial charge in [0.15, 0.2) is 5.78 Å². The normalized spacial score (nSPS) is 28.2. The average Bonchev–Trinajstić information content (AvgIpc) is 3.33. The summed E-state index contributed by atoms with van der Waals surface area (Å²) in [5.74, 6) is -1.45. The number of carbonyl (C=O) groups is 3. The van der Waals surface area contributed by atoms with Crippen LogP contribution in [-0.2, 0) is 9.59 Å². The molecule has 5 nitrogen and oxygen atoms in total. The molecule has 3 aliphatic rings. The zero-order valence-electron chi connectivity index (χ0n) is 17.6. The molecule has 3 aliphatic heterocycles. The van der Waals surface area contributed by atoms with Gasteiger partial charge in [-0.15, -0.1) is 0 Å². The number of carbonyl (C=O) groups excluding carboxylic acids is 3. The van der Waals surface area contributed by atoms with Crippen LogP contribution in [0.4, 0.5) is 5.69 Å². The molecule has 3 saturated heterocycles. The van der Waals surface area contributed by atoms with E-state index in [2.05, 4.69) is 4.90 Å². The van der Waals surface area contributed by atoms with E-state index >= 15 is 0 Å². The number of fused-ring (bicyclic) bond motifs is 3. The second-order valence-electron chi connectivity index (χ2n) is 9.03. The van der Waals surface area contributed by atoms with Crippen molar-refractivity contribution in [2.75, 3.05) is 11.4 Å². The van der Waals surface area contributed by atoms with E-state index in [0.717, 1.165) is 36.1 Å². The lowest BCUT2D eigenvalue weighted by molar-refractivity contribution is -0.123. The van der Waals surface area contributed by atoms with E-state index in [9.17, 15) is 14.4 Å². The SMILES string of the molecule is Cc1ccc(C(=O)[C@@H]2[C@@H]3C(=O)N(c4cc(C)cc(C)c4)C(=O)[C@H]3[C@@H]3CCCN23)cc1. The first kappa shape index (κ1) is 19.2. The van der Waals surface area contributed by atoms with Crippen LogP contribution >= 0.6 is 0 Å². The van der Waals surface area contributed by atoms with Crippen molar-refractivity contribution in [2.24, 2.45) is 11.8 Å². The lowest BCUT2D eigenvalue weighted by Crippen LogP contribution is -2.46. The molecule has 2 aromatic carbocycles. The van der Waals surface area contributed by atoms with Crippen LogP contribution in [0.1, 0.15) is 39.9 Å². The molecule has 3 heterocycles. The maximum absolute atomic E-state index is 13.6. The van der Waals surface area contributed by atoms with Gasteiger partial charge in [-0.05, 0) is 63.4 Å². The summed E-state index contributed by atoms with van der Waals surface area (Å²) in [5.41, 5.74) is 4.35. The van der Waals surface area contributed by atoms with Crippen molar-refractivity contribution < 1.29 is 14.4 Å². The first-order valence-electron chi connectivity index (χ1n) is 10.7. The molecule has 5 heteroatoms. The Hall–Kier alpha value is -2.79. The highest BCUT2D eigenvalue weighted by Gasteiger charge is 2.64. The summed E-state index contributed by atoms with van der Waals surface area (Å²) in [6.07, 6.45) is 1.81. The molecule has 0 aromatic heterocycles. The maximum atomic E-state index is 13.6. The molecular weight excluding hydrogens is 376 g/mol. The quantitative estimate of drug-likeness (QED) is 0.583. The summed E-state index contributed by atoms with van der Waals surface area (Å²) < 4.78 is 0. The van der Waals surface area contributed by atoms with Crippen molar-refractivity contribution in [3.8, 4) is 0 Å². The van der Waals surface area contributed by atoms with Gasteiger partial charge in [0.1, 0.15) is 0 Å². The van der Waals surface area contributed by atoms with Gasteiger partial charge in [0.25, 0.3) is 0 Å². The lowest BCUT2D eigenvalue weighted by Gasteiger charge is -2.27.